The molecule has 7 rings (SSSR count). The minimum absolute atomic E-state index is 0.00968. The zero-order valence-electron chi connectivity index (χ0n) is 22.5. The number of aromatic nitrogens is 2. The van der Waals surface area contributed by atoms with Crippen LogP contribution < -0.4 is 10.9 Å². The summed E-state index contributed by atoms with van der Waals surface area (Å²) < 4.78 is 26.9. The van der Waals surface area contributed by atoms with Gasteiger partial charge in [-0.25, -0.2) is 8.42 Å². The van der Waals surface area contributed by atoms with Gasteiger partial charge in [0.2, 0.25) is 5.91 Å². The average molecular weight is 570 g/mol. The molecule has 2 saturated carbocycles. The van der Waals surface area contributed by atoms with Crippen LogP contribution in [0.1, 0.15) is 60.5 Å². The van der Waals surface area contributed by atoms with Crippen LogP contribution in [-0.2, 0) is 26.1 Å². The van der Waals surface area contributed by atoms with Crippen LogP contribution in [-0.4, -0.2) is 60.1 Å². The molecular formula is C29H36ClN5O3S. The number of hydrazine groups is 1. The van der Waals surface area contributed by atoms with Crippen LogP contribution in [0.15, 0.2) is 30.9 Å². The van der Waals surface area contributed by atoms with Crippen LogP contribution in [0.4, 0.5) is 0 Å². The highest BCUT2D eigenvalue weighted by Gasteiger charge is 2.55. The van der Waals surface area contributed by atoms with E-state index in [1.165, 1.54) is 11.6 Å². The fourth-order valence-electron chi connectivity index (χ4n) is 8.15. The van der Waals surface area contributed by atoms with E-state index in [1.807, 2.05) is 23.1 Å². The lowest BCUT2D eigenvalue weighted by Crippen LogP contribution is -2.63. The monoisotopic (exact) mass is 569 g/mol. The molecule has 39 heavy (non-hydrogen) atoms. The van der Waals surface area contributed by atoms with E-state index in [0.717, 1.165) is 67.0 Å². The highest BCUT2D eigenvalue weighted by atomic mass is 35.5. The summed E-state index contributed by atoms with van der Waals surface area (Å²) >= 11 is 7.25. The first-order valence-electron chi connectivity index (χ1n) is 14.0. The van der Waals surface area contributed by atoms with E-state index in [4.69, 9.17) is 16.7 Å². The summed E-state index contributed by atoms with van der Waals surface area (Å²) in [7, 11) is -3.09. The second-order valence-electron chi connectivity index (χ2n) is 12.7. The second kappa shape index (κ2) is 8.90. The van der Waals surface area contributed by atoms with Crippen LogP contribution in [0, 0.1) is 24.2 Å². The Morgan fingerprint density at radius 1 is 1.23 bits per heavy atom. The summed E-state index contributed by atoms with van der Waals surface area (Å²) in [5.74, 6) is 1.04. The molecule has 10 heteroatoms. The number of nitrogens with zero attached hydrogens (tertiary/aromatic N) is 3. The Labute approximate surface area is 235 Å². The average Bonchev–Trinajstić information content (AvgIpc) is 3.52. The fraction of sp³-hybridized carbons (Fsp3) is 0.586. The van der Waals surface area contributed by atoms with Gasteiger partial charge in [-0.15, -0.1) is 11.6 Å². The van der Waals surface area contributed by atoms with Crippen molar-refractivity contribution < 1.29 is 13.2 Å². The van der Waals surface area contributed by atoms with Gasteiger partial charge in [0.15, 0.2) is 9.84 Å². The van der Waals surface area contributed by atoms with Gasteiger partial charge >= 0.3 is 0 Å². The number of carbonyl (C=O) groups excluding carboxylic acids is 1. The number of amides is 1. The Morgan fingerprint density at radius 3 is 2.72 bits per heavy atom. The largest absolute Gasteiger partial charge is 0.338 e. The van der Waals surface area contributed by atoms with Crippen molar-refractivity contribution in [3.63, 3.8) is 0 Å². The summed E-state index contributed by atoms with van der Waals surface area (Å²) in [4.78, 5) is 13.9. The lowest BCUT2D eigenvalue weighted by atomic mass is 9.60. The molecule has 0 radical (unpaired) electrons. The number of fused-ring (bicyclic) bond motifs is 2. The minimum Gasteiger partial charge on any atom is -0.338 e. The van der Waals surface area contributed by atoms with Crippen LogP contribution >= 0.6 is 11.6 Å². The number of benzene rings is 1. The lowest BCUT2D eigenvalue weighted by molar-refractivity contribution is -0.149. The van der Waals surface area contributed by atoms with Gasteiger partial charge in [0.25, 0.3) is 0 Å². The molecule has 2 saturated heterocycles. The smallest absolute Gasteiger partial charge is 0.245 e. The molecule has 1 aromatic carbocycles. The summed E-state index contributed by atoms with van der Waals surface area (Å²) in [6.45, 7) is 10.5. The van der Waals surface area contributed by atoms with Crippen molar-refractivity contribution in [3.05, 3.63) is 53.2 Å². The summed E-state index contributed by atoms with van der Waals surface area (Å²) in [6, 6.07) is 6.69. The molecule has 2 aliphatic carbocycles. The molecule has 8 nitrogen and oxygen atoms in total. The van der Waals surface area contributed by atoms with E-state index in [0.29, 0.717) is 17.9 Å². The highest BCUT2D eigenvalue weighted by Crippen LogP contribution is 2.56. The van der Waals surface area contributed by atoms with Crippen LogP contribution in [0.2, 0.25) is 0 Å². The Kier molecular flexibility index (Phi) is 5.87. The Morgan fingerprint density at radius 2 is 1.97 bits per heavy atom. The predicted octanol–water partition coefficient (Wildman–Crippen LogP) is 3.46. The number of carbonyl (C=O) groups is 1. The molecule has 3 aliphatic heterocycles. The van der Waals surface area contributed by atoms with Gasteiger partial charge in [0.1, 0.15) is 0 Å². The van der Waals surface area contributed by atoms with Crippen LogP contribution in [0.5, 0.6) is 0 Å². The number of sulfone groups is 1. The van der Waals surface area contributed by atoms with Gasteiger partial charge in [0.05, 0.1) is 23.2 Å². The molecule has 1 aromatic heterocycles. The second-order valence-corrected chi connectivity index (χ2v) is 15.3. The zero-order chi connectivity index (χ0) is 27.3. The third-order valence-electron chi connectivity index (χ3n) is 10.1. The highest BCUT2D eigenvalue weighted by molar-refractivity contribution is 7.90. The molecule has 0 bridgehead atoms. The quantitative estimate of drug-likeness (QED) is 0.432. The number of halogens is 1. The molecule has 5 aliphatic rings. The van der Waals surface area contributed by atoms with Crippen molar-refractivity contribution in [2.24, 2.45) is 17.3 Å². The van der Waals surface area contributed by atoms with E-state index in [-0.39, 0.29) is 40.2 Å². The van der Waals surface area contributed by atoms with E-state index in [1.54, 1.807) is 0 Å². The van der Waals surface area contributed by atoms with E-state index >= 15 is 0 Å². The molecule has 2 aromatic rings. The fourth-order valence-corrected chi connectivity index (χ4v) is 10.2. The number of hydrogen-bond acceptors (Lipinski definition) is 6. The number of alkyl halides is 1. The maximum absolute atomic E-state index is 12.3. The minimum atomic E-state index is -3.09. The standard InChI is InChI=1S/C29H36ClN5O3S/c1-4-24(36)34-14-29(15-34)9-21(10-29)35-17(3)25(26-22-11-31-32-23(22)7-16(2)27(26)30)28(33-35)18-5-6-19-12-39(37,38)13-20(19)8-18/h4-6,8,16,21-23,26-27,31-32H,1,7,9-15H2,2-3H3. The van der Waals surface area contributed by atoms with Crippen molar-refractivity contribution in [1.82, 2.24) is 25.5 Å². The number of rotatable bonds is 4. The predicted molar refractivity (Wildman–Crippen MR) is 151 cm³/mol. The van der Waals surface area contributed by atoms with E-state index < -0.39 is 9.84 Å². The maximum Gasteiger partial charge on any atom is 0.245 e. The first-order valence-corrected chi connectivity index (χ1v) is 16.3. The van der Waals surface area contributed by atoms with Gasteiger partial charge in [0, 0.05) is 59.2 Å². The molecule has 208 valence electrons. The summed E-state index contributed by atoms with van der Waals surface area (Å²) in [5, 5.41) is 5.26. The van der Waals surface area contributed by atoms with Gasteiger partial charge in [-0.2, -0.15) is 5.10 Å². The molecule has 1 spiro atoms. The third-order valence-corrected chi connectivity index (χ3v) is 12.3. The maximum atomic E-state index is 12.3. The number of hydrogen-bond donors (Lipinski definition) is 2. The van der Waals surface area contributed by atoms with Crippen molar-refractivity contribution in [1.29, 1.82) is 0 Å². The van der Waals surface area contributed by atoms with Crippen molar-refractivity contribution in [2.75, 3.05) is 19.6 Å². The van der Waals surface area contributed by atoms with Gasteiger partial charge < -0.3 is 4.90 Å². The van der Waals surface area contributed by atoms with Crippen molar-refractivity contribution >= 4 is 27.3 Å². The topological polar surface area (TPSA) is 96.3 Å². The van der Waals surface area contributed by atoms with Gasteiger partial charge in [-0.3, -0.25) is 20.3 Å². The molecule has 4 heterocycles. The third kappa shape index (κ3) is 4.03. The SMILES string of the molecule is C=CC(=O)N1CC2(CC(n3nc(-c4ccc5c(c4)CS(=O)(=O)C5)c(C4C(Cl)C(C)CC5NNCC54)c3C)C2)C1. The molecule has 5 unspecified atom stereocenters. The molecule has 5 atom stereocenters. The Hall–Kier alpha value is -2.20. The molecule has 1 amide bonds. The molecular weight excluding hydrogens is 534 g/mol. The Balaban J connectivity index is 1.27. The van der Waals surface area contributed by atoms with Crippen molar-refractivity contribution in [2.45, 2.75) is 68.0 Å². The normalized spacial score (nSPS) is 32.4. The van der Waals surface area contributed by atoms with E-state index in [2.05, 4.69) is 36.0 Å². The zero-order valence-corrected chi connectivity index (χ0v) is 24.1. The first kappa shape index (κ1) is 25.7. The number of nitrogens with one attached hydrogen (secondary N) is 2. The summed E-state index contributed by atoms with van der Waals surface area (Å²) in [6.07, 6.45) is 4.43. The molecule has 2 N–H and O–H groups in total. The Bertz CT molecular complexity index is 1470. The summed E-state index contributed by atoms with van der Waals surface area (Å²) in [5.41, 5.74) is 13.1. The lowest BCUT2D eigenvalue weighted by Gasteiger charge is -2.58. The van der Waals surface area contributed by atoms with Gasteiger partial charge in [-0.05, 0) is 61.3 Å². The van der Waals surface area contributed by atoms with Crippen LogP contribution in [0.3, 0.4) is 0 Å². The number of likely N-dealkylation sites (tertiary alicyclic amines) is 1. The first-order chi connectivity index (χ1) is 18.6. The van der Waals surface area contributed by atoms with Crippen molar-refractivity contribution in [3.8, 4) is 11.3 Å². The van der Waals surface area contributed by atoms with Gasteiger partial charge in [-0.1, -0.05) is 25.6 Å². The molecule has 4 fully saturated rings. The van der Waals surface area contributed by atoms with E-state index in [9.17, 15) is 13.2 Å². The van der Waals surface area contributed by atoms with Crippen LogP contribution in [0.25, 0.3) is 11.3 Å².